The molecule has 1 aliphatic rings. The van der Waals surface area contributed by atoms with Gasteiger partial charge in [0.05, 0.1) is 18.5 Å². The molecule has 8 nitrogen and oxygen atoms in total. The van der Waals surface area contributed by atoms with Gasteiger partial charge in [-0.25, -0.2) is 9.48 Å². The molecular weight excluding hydrogens is 465 g/mol. The Labute approximate surface area is 198 Å². The van der Waals surface area contributed by atoms with Crippen molar-refractivity contribution in [1.82, 2.24) is 9.78 Å². The molecule has 0 bridgehead atoms. The second kappa shape index (κ2) is 9.61. The number of amides is 2. The van der Waals surface area contributed by atoms with Gasteiger partial charge in [0.1, 0.15) is 5.56 Å². The summed E-state index contributed by atoms with van der Waals surface area (Å²) in [5.74, 6) is -1.65. The molecule has 0 atom stereocenters. The zero-order valence-electron chi connectivity index (χ0n) is 18.6. The van der Waals surface area contributed by atoms with Crippen LogP contribution in [0, 0.1) is 5.92 Å². The number of aromatic nitrogens is 2. The fourth-order valence-corrected chi connectivity index (χ4v) is 3.40. The number of carbonyl (C=O) groups excluding carboxylic acids is 3. The number of halogens is 3. The smallest absolute Gasteiger partial charge is 0.434 e. The van der Waals surface area contributed by atoms with Crippen molar-refractivity contribution in [3.63, 3.8) is 0 Å². The lowest BCUT2D eigenvalue weighted by Gasteiger charge is -2.13. The number of hydrogen-bond acceptors (Lipinski definition) is 5. The average molecular weight is 486 g/mol. The topological polar surface area (TPSA) is 102 Å². The normalized spacial score (nSPS) is 13.3. The number of nitrogens with one attached hydrogen (secondary N) is 2. The number of alkyl halides is 3. The van der Waals surface area contributed by atoms with E-state index in [0.717, 1.165) is 19.0 Å². The maximum atomic E-state index is 13.7. The molecule has 0 saturated heterocycles. The van der Waals surface area contributed by atoms with Crippen LogP contribution in [0.15, 0.2) is 54.7 Å². The molecular formula is C24H21F3N4O4. The zero-order chi connectivity index (χ0) is 25.2. The summed E-state index contributed by atoms with van der Waals surface area (Å²) in [7, 11) is 0. The van der Waals surface area contributed by atoms with Crippen LogP contribution in [0.5, 0.6) is 0 Å². The van der Waals surface area contributed by atoms with Crippen molar-refractivity contribution < 1.29 is 32.3 Å². The number of nitrogens with zero attached hydrogens (tertiary/aromatic N) is 2. The highest BCUT2D eigenvalue weighted by Crippen LogP contribution is 2.34. The second-order valence-electron chi connectivity index (χ2n) is 7.88. The molecule has 4 rings (SSSR count). The lowest BCUT2D eigenvalue weighted by atomic mass is 10.1. The molecule has 0 spiro atoms. The van der Waals surface area contributed by atoms with Crippen molar-refractivity contribution in [3.05, 3.63) is 71.5 Å². The van der Waals surface area contributed by atoms with Crippen LogP contribution in [0.3, 0.4) is 0 Å². The van der Waals surface area contributed by atoms with Crippen molar-refractivity contribution >= 4 is 29.2 Å². The van der Waals surface area contributed by atoms with Crippen LogP contribution < -0.4 is 10.6 Å². The first-order chi connectivity index (χ1) is 16.7. The molecule has 1 fully saturated rings. The molecule has 2 amide bonds. The number of anilines is 2. The average Bonchev–Trinajstić information content (AvgIpc) is 3.56. The third kappa shape index (κ3) is 5.51. The van der Waals surface area contributed by atoms with Crippen LogP contribution in [-0.4, -0.2) is 34.2 Å². The molecule has 1 heterocycles. The number of esters is 1. The second-order valence-corrected chi connectivity index (χ2v) is 7.88. The Hall–Kier alpha value is -4.15. The molecule has 35 heavy (non-hydrogen) atoms. The third-order valence-corrected chi connectivity index (χ3v) is 5.24. The highest BCUT2D eigenvalue weighted by Gasteiger charge is 2.41. The molecule has 2 aromatic carbocycles. The quantitative estimate of drug-likeness (QED) is 0.473. The summed E-state index contributed by atoms with van der Waals surface area (Å²) >= 11 is 0. The standard InChI is InChI=1S/C24H21F3N4O4/c1-2-35-23(34)19-13-28-31(20(19)24(25,26)27)18-10-8-15(9-11-18)22(33)30-17-5-3-4-16(12-17)29-21(32)14-6-7-14/h3-5,8-14H,2,6-7H2,1H3,(H,29,32)(H,30,33). The van der Waals surface area contributed by atoms with E-state index in [-0.39, 0.29) is 29.7 Å². The Balaban J connectivity index is 1.51. The minimum absolute atomic E-state index is 0.00853. The zero-order valence-corrected chi connectivity index (χ0v) is 18.6. The largest absolute Gasteiger partial charge is 0.462 e. The molecule has 0 radical (unpaired) electrons. The summed E-state index contributed by atoms with van der Waals surface area (Å²) in [4.78, 5) is 36.5. The monoisotopic (exact) mass is 486 g/mol. The van der Waals surface area contributed by atoms with Crippen LogP contribution in [0.4, 0.5) is 24.5 Å². The Bertz CT molecular complexity index is 1260. The van der Waals surface area contributed by atoms with Crippen molar-refractivity contribution in [2.45, 2.75) is 25.9 Å². The SMILES string of the molecule is CCOC(=O)c1cnn(-c2ccc(C(=O)Nc3cccc(NC(=O)C4CC4)c3)cc2)c1C(F)(F)F. The van der Waals surface area contributed by atoms with Gasteiger partial charge in [-0.2, -0.15) is 18.3 Å². The van der Waals surface area contributed by atoms with Crippen molar-refractivity contribution in [3.8, 4) is 5.69 Å². The summed E-state index contributed by atoms with van der Waals surface area (Å²) < 4.78 is 46.3. The van der Waals surface area contributed by atoms with Crippen molar-refractivity contribution in [1.29, 1.82) is 0 Å². The molecule has 1 aliphatic carbocycles. The highest BCUT2D eigenvalue weighted by atomic mass is 19.4. The molecule has 1 aromatic heterocycles. The summed E-state index contributed by atoms with van der Waals surface area (Å²) in [5.41, 5.74) is -0.779. The first-order valence-corrected chi connectivity index (χ1v) is 10.8. The minimum atomic E-state index is -4.87. The van der Waals surface area contributed by atoms with Gasteiger partial charge in [0.2, 0.25) is 5.91 Å². The first kappa shape index (κ1) is 24.0. The number of ether oxygens (including phenoxy) is 1. The summed E-state index contributed by atoms with van der Waals surface area (Å²) in [6.07, 6.45) is -2.33. The van der Waals surface area contributed by atoms with Gasteiger partial charge < -0.3 is 15.4 Å². The van der Waals surface area contributed by atoms with E-state index in [1.165, 1.54) is 31.2 Å². The van der Waals surface area contributed by atoms with Crippen LogP contribution >= 0.6 is 0 Å². The van der Waals surface area contributed by atoms with Gasteiger partial charge >= 0.3 is 12.1 Å². The molecule has 2 N–H and O–H groups in total. The molecule has 0 aliphatic heterocycles. The predicted octanol–water partition coefficient (Wildman–Crippen LogP) is 4.67. The van der Waals surface area contributed by atoms with Gasteiger partial charge in [0, 0.05) is 22.9 Å². The van der Waals surface area contributed by atoms with Crippen LogP contribution in [0.2, 0.25) is 0 Å². The van der Waals surface area contributed by atoms with Gasteiger partial charge in [-0.15, -0.1) is 0 Å². The third-order valence-electron chi connectivity index (χ3n) is 5.24. The highest BCUT2D eigenvalue weighted by molar-refractivity contribution is 6.05. The van der Waals surface area contributed by atoms with Gasteiger partial charge in [-0.1, -0.05) is 6.07 Å². The van der Waals surface area contributed by atoms with E-state index < -0.39 is 29.3 Å². The maximum absolute atomic E-state index is 13.7. The predicted molar refractivity (Wildman–Crippen MR) is 120 cm³/mol. The minimum Gasteiger partial charge on any atom is -0.462 e. The van der Waals surface area contributed by atoms with Gasteiger partial charge in [-0.3, -0.25) is 9.59 Å². The summed E-state index contributed by atoms with van der Waals surface area (Å²) in [6.45, 7) is 1.40. The Kier molecular flexibility index (Phi) is 6.59. The Morgan fingerprint density at radius 1 is 1.06 bits per heavy atom. The van der Waals surface area contributed by atoms with Crippen LogP contribution in [-0.2, 0) is 15.7 Å². The van der Waals surface area contributed by atoms with E-state index in [1.54, 1.807) is 24.3 Å². The summed E-state index contributed by atoms with van der Waals surface area (Å²) in [5, 5.41) is 9.19. The van der Waals surface area contributed by atoms with Crippen LogP contribution in [0.25, 0.3) is 5.69 Å². The number of hydrogen-bond donors (Lipinski definition) is 2. The van der Waals surface area contributed by atoms with E-state index in [4.69, 9.17) is 4.74 Å². The van der Waals surface area contributed by atoms with E-state index in [2.05, 4.69) is 15.7 Å². The molecule has 1 saturated carbocycles. The fraction of sp³-hybridized carbons (Fsp3) is 0.250. The van der Waals surface area contributed by atoms with E-state index in [1.807, 2.05) is 0 Å². The van der Waals surface area contributed by atoms with E-state index >= 15 is 0 Å². The Morgan fingerprint density at radius 2 is 1.71 bits per heavy atom. The lowest BCUT2D eigenvalue weighted by molar-refractivity contribution is -0.143. The number of carbonyl (C=O) groups is 3. The fourth-order valence-electron chi connectivity index (χ4n) is 3.40. The molecule has 0 unspecified atom stereocenters. The van der Waals surface area contributed by atoms with Crippen LogP contribution in [0.1, 0.15) is 46.2 Å². The molecule has 3 aromatic rings. The van der Waals surface area contributed by atoms with Crippen molar-refractivity contribution in [2.24, 2.45) is 5.92 Å². The summed E-state index contributed by atoms with van der Waals surface area (Å²) in [6, 6.07) is 11.9. The van der Waals surface area contributed by atoms with E-state index in [9.17, 15) is 27.6 Å². The van der Waals surface area contributed by atoms with Gasteiger partial charge in [0.15, 0.2) is 5.69 Å². The van der Waals surface area contributed by atoms with Gasteiger partial charge in [-0.05, 0) is 62.2 Å². The first-order valence-electron chi connectivity index (χ1n) is 10.8. The maximum Gasteiger partial charge on any atom is 0.434 e. The van der Waals surface area contributed by atoms with Gasteiger partial charge in [0.25, 0.3) is 5.91 Å². The number of rotatable bonds is 7. The lowest BCUT2D eigenvalue weighted by Crippen LogP contribution is -2.18. The van der Waals surface area contributed by atoms with E-state index in [0.29, 0.717) is 16.1 Å². The number of benzene rings is 2. The Morgan fingerprint density at radius 3 is 2.31 bits per heavy atom. The van der Waals surface area contributed by atoms with Crippen molar-refractivity contribution in [2.75, 3.05) is 17.2 Å². The molecule has 11 heteroatoms. The molecule has 182 valence electrons.